The van der Waals surface area contributed by atoms with Crippen LogP contribution >= 0.6 is 23.5 Å². The van der Waals surface area contributed by atoms with Gasteiger partial charge in [-0.25, -0.2) is 0 Å². The van der Waals surface area contributed by atoms with Crippen LogP contribution in [0.25, 0.3) is 0 Å². The van der Waals surface area contributed by atoms with Crippen LogP contribution in [-0.4, -0.2) is 43.6 Å². The third-order valence-electron chi connectivity index (χ3n) is 2.36. The number of carboxylic acid groups (broad SMARTS) is 1. The molecule has 0 spiro atoms. The zero-order valence-electron chi connectivity index (χ0n) is 10.2. The van der Waals surface area contributed by atoms with Crippen LogP contribution in [0.4, 0.5) is 0 Å². The maximum atomic E-state index is 10.6. The van der Waals surface area contributed by atoms with Crippen molar-refractivity contribution in [2.75, 3.05) is 17.8 Å². The van der Waals surface area contributed by atoms with E-state index in [1.165, 1.54) is 11.8 Å². The van der Waals surface area contributed by atoms with Crippen LogP contribution in [0.1, 0.15) is 25.2 Å². The number of thioether (sulfide) groups is 2. The second-order valence-electron chi connectivity index (χ2n) is 3.60. The van der Waals surface area contributed by atoms with E-state index in [2.05, 4.69) is 23.4 Å². The summed E-state index contributed by atoms with van der Waals surface area (Å²) in [6.07, 6.45) is 3.05. The molecule has 0 saturated carbocycles. The van der Waals surface area contributed by atoms with Gasteiger partial charge < -0.3 is 9.67 Å². The van der Waals surface area contributed by atoms with Crippen LogP contribution in [0.2, 0.25) is 0 Å². The smallest absolute Gasteiger partial charge is 0.313 e. The van der Waals surface area contributed by atoms with Gasteiger partial charge in [0.1, 0.15) is 5.82 Å². The standard InChI is InChI=1S/C10H17N3O2S2/c1-4-8(5-16-3)13-7(2)11-12-10(13)17-6-9(14)15/h8H,4-6H2,1-3H3,(H,14,15). The highest BCUT2D eigenvalue weighted by Crippen LogP contribution is 2.25. The predicted molar refractivity (Wildman–Crippen MR) is 70.8 cm³/mol. The first-order valence-corrected chi connectivity index (χ1v) is 7.73. The Balaban J connectivity index is 2.87. The van der Waals surface area contributed by atoms with Crippen molar-refractivity contribution in [2.45, 2.75) is 31.5 Å². The molecule has 96 valence electrons. The van der Waals surface area contributed by atoms with Gasteiger partial charge in [0.15, 0.2) is 5.16 Å². The lowest BCUT2D eigenvalue weighted by Crippen LogP contribution is -2.14. The molecule has 17 heavy (non-hydrogen) atoms. The molecule has 1 unspecified atom stereocenters. The summed E-state index contributed by atoms with van der Waals surface area (Å²) in [5.41, 5.74) is 0. The fraction of sp³-hybridized carbons (Fsp3) is 0.700. The Morgan fingerprint density at radius 2 is 2.24 bits per heavy atom. The molecule has 0 fully saturated rings. The van der Waals surface area contributed by atoms with Crippen molar-refractivity contribution in [1.29, 1.82) is 0 Å². The molecule has 1 atom stereocenters. The molecule has 1 heterocycles. The Morgan fingerprint density at radius 1 is 1.53 bits per heavy atom. The van der Waals surface area contributed by atoms with Gasteiger partial charge in [-0.3, -0.25) is 4.79 Å². The molecule has 5 nitrogen and oxygen atoms in total. The summed E-state index contributed by atoms with van der Waals surface area (Å²) in [6, 6.07) is 0.330. The van der Waals surface area contributed by atoms with E-state index in [0.29, 0.717) is 11.2 Å². The molecule has 1 aromatic rings. The molecule has 7 heteroatoms. The van der Waals surface area contributed by atoms with E-state index in [0.717, 1.165) is 18.0 Å². The molecule has 1 rings (SSSR count). The Bertz CT molecular complexity index is 382. The van der Waals surface area contributed by atoms with Gasteiger partial charge in [-0.2, -0.15) is 11.8 Å². The third-order valence-corrected chi connectivity index (χ3v) is 4.00. The lowest BCUT2D eigenvalue weighted by molar-refractivity contribution is -0.133. The van der Waals surface area contributed by atoms with Crippen molar-refractivity contribution in [1.82, 2.24) is 14.8 Å². The van der Waals surface area contributed by atoms with E-state index in [1.54, 1.807) is 11.8 Å². The monoisotopic (exact) mass is 275 g/mol. The normalized spacial score (nSPS) is 12.6. The first-order valence-electron chi connectivity index (χ1n) is 5.35. The average molecular weight is 275 g/mol. The van der Waals surface area contributed by atoms with Gasteiger partial charge in [-0.1, -0.05) is 18.7 Å². The van der Waals surface area contributed by atoms with E-state index in [1.807, 2.05) is 11.5 Å². The molecule has 0 aromatic carbocycles. The van der Waals surface area contributed by atoms with E-state index in [-0.39, 0.29) is 5.75 Å². The number of aliphatic carboxylic acids is 1. The minimum atomic E-state index is -0.833. The first kappa shape index (κ1) is 14.4. The molecule has 0 radical (unpaired) electrons. The molecule has 1 aromatic heterocycles. The largest absolute Gasteiger partial charge is 0.481 e. The Kier molecular flexibility index (Phi) is 5.84. The van der Waals surface area contributed by atoms with E-state index >= 15 is 0 Å². The van der Waals surface area contributed by atoms with Crippen LogP contribution < -0.4 is 0 Å². The molecule has 0 aliphatic rings. The fourth-order valence-corrected chi connectivity index (χ4v) is 3.10. The lowest BCUT2D eigenvalue weighted by atomic mass is 10.2. The lowest BCUT2D eigenvalue weighted by Gasteiger charge is -2.18. The highest BCUT2D eigenvalue weighted by Gasteiger charge is 2.17. The molecule has 0 aliphatic heterocycles. The number of nitrogens with zero attached hydrogens (tertiary/aromatic N) is 3. The molecule has 0 aliphatic carbocycles. The second-order valence-corrected chi connectivity index (χ2v) is 5.45. The quantitative estimate of drug-likeness (QED) is 0.768. The summed E-state index contributed by atoms with van der Waals surface area (Å²) in [4.78, 5) is 10.6. The van der Waals surface area contributed by atoms with Crippen LogP contribution in [0, 0.1) is 6.92 Å². The Morgan fingerprint density at radius 3 is 2.76 bits per heavy atom. The number of aryl methyl sites for hydroxylation is 1. The summed E-state index contributed by atoms with van der Waals surface area (Å²) in [7, 11) is 0. The minimum absolute atomic E-state index is 0.0217. The van der Waals surface area contributed by atoms with Crippen molar-refractivity contribution in [3.8, 4) is 0 Å². The number of carbonyl (C=O) groups is 1. The van der Waals surface area contributed by atoms with E-state index in [4.69, 9.17) is 5.11 Å². The SMILES string of the molecule is CCC(CSC)n1c(C)nnc1SCC(=O)O. The van der Waals surface area contributed by atoms with Crippen molar-refractivity contribution in [3.05, 3.63) is 5.82 Å². The Hall–Kier alpha value is -0.690. The topological polar surface area (TPSA) is 68.0 Å². The highest BCUT2D eigenvalue weighted by atomic mass is 32.2. The molecule has 1 N–H and O–H groups in total. The number of carboxylic acids is 1. The molecule has 0 bridgehead atoms. The molecule has 0 amide bonds. The van der Waals surface area contributed by atoms with Crippen LogP contribution in [0.15, 0.2) is 5.16 Å². The van der Waals surface area contributed by atoms with Crippen molar-refractivity contribution in [3.63, 3.8) is 0 Å². The van der Waals surface area contributed by atoms with Gasteiger partial charge >= 0.3 is 5.97 Å². The van der Waals surface area contributed by atoms with Gasteiger partial charge in [0.2, 0.25) is 0 Å². The van der Waals surface area contributed by atoms with E-state index in [9.17, 15) is 4.79 Å². The van der Waals surface area contributed by atoms with Crippen LogP contribution in [0.5, 0.6) is 0 Å². The maximum Gasteiger partial charge on any atom is 0.313 e. The molecular formula is C10H17N3O2S2. The van der Waals surface area contributed by atoms with Crippen LogP contribution in [-0.2, 0) is 4.79 Å². The van der Waals surface area contributed by atoms with Gasteiger partial charge in [-0.05, 0) is 19.6 Å². The number of hydrogen-bond acceptors (Lipinski definition) is 5. The van der Waals surface area contributed by atoms with E-state index < -0.39 is 5.97 Å². The van der Waals surface area contributed by atoms with Gasteiger partial charge in [0, 0.05) is 11.8 Å². The second kappa shape index (κ2) is 6.90. The molecule has 0 saturated heterocycles. The van der Waals surface area contributed by atoms with Gasteiger partial charge in [0.05, 0.1) is 5.75 Å². The average Bonchev–Trinajstić information content (AvgIpc) is 2.65. The zero-order chi connectivity index (χ0) is 12.8. The number of rotatable bonds is 7. The summed E-state index contributed by atoms with van der Waals surface area (Å²) in [6.45, 7) is 4.02. The number of hydrogen-bond donors (Lipinski definition) is 1. The van der Waals surface area contributed by atoms with Gasteiger partial charge in [-0.15, -0.1) is 10.2 Å². The summed E-state index contributed by atoms with van der Waals surface area (Å²) in [5, 5.41) is 17.5. The first-order chi connectivity index (χ1) is 8.10. The summed E-state index contributed by atoms with van der Waals surface area (Å²) in [5.74, 6) is 1.02. The minimum Gasteiger partial charge on any atom is -0.481 e. The zero-order valence-corrected chi connectivity index (χ0v) is 11.8. The highest BCUT2D eigenvalue weighted by molar-refractivity contribution is 7.99. The number of aromatic nitrogens is 3. The summed E-state index contributed by atoms with van der Waals surface area (Å²) >= 11 is 3.00. The third kappa shape index (κ3) is 3.92. The maximum absolute atomic E-state index is 10.6. The van der Waals surface area contributed by atoms with Crippen LogP contribution in [0.3, 0.4) is 0 Å². The predicted octanol–water partition coefficient (Wildman–Crippen LogP) is 2.08. The fourth-order valence-electron chi connectivity index (χ4n) is 1.56. The van der Waals surface area contributed by atoms with Crippen molar-refractivity contribution < 1.29 is 9.90 Å². The summed E-state index contributed by atoms with van der Waals surface area (Å²) < 4.78 is 2.05. The Labute approximate surface area is 109 Å². The van der Waals surface area contributed by atoms with Gasteiger partial charge in [0.25, 0.3) is 0 Å². The molecular weight excluding hydrogens is 258 g/mol. The van der Waals surface area contributed by atoms with Crippen molar-refractivity contribution in [2.24, 2.45) is 0 Å². The van der Waals surface area contributed by atoms with Crippen molar-refractivity contribution >= 4 is 29.5 Å².